The molecule has 178 valence electrons. The molecule has 2 amide bonds. The van der Waals surface area contributed by atoms with Crippen molar-refractivity contribution in [3.63, 3.8) is 0 Å². The number of nitrogens with zero attached hydrogens (tertiary/aromatic N) is 3. The lowest BCUT2D eigenvalue weighted by molar-refractivity contribution is -0.122. The van der Waals surface area contributed by atoms with Crippen molar-refractivity contribution in [1.82, 2.24) is 9.80 Å². The zero-order valence-corrected chi connectivity index (χ0v) is 20.5. The van der Waals surface area contributed by atoms with Crippen molar-refractivity contribution in [2.45, 2.75) is 26.9 Å². The third-order valence-electron chi connectivity index (χ3n) is 5.39. The van der Waals surface area contributed by atoms with Crippen LogP contribution in [0.5, 0.6) is 5.75 Å². The summed E-state index contributed by atoms with van der Waals surface area (Å²) in [4.78, 5) is 34.7. The fourth-order valence-corrected chi connectivity index (χ4v) is 4.79. The number of thioether (sulfide) groups is 1. The molecule has 0 saturated carbocycles. The van der Waals surface area contributed by atoms with Gasteiger partial charge in [0.15, 0.2) is 5.17 Å². The zero-order valence-electron chi connectivity index (χ0n) is 19.7. The molecule has 2 aromatic carbocycles. The highest BCUT2D eigenvalue weighted by Crippen LogP contribution is 2.35. The number of hydrogen-bond acceptors (Lipinski definition) is 6. The molecule has 8 heteroatoms. The number of hydrogen-bond donors (Lipinski definition) is 0. The Kier molecular flexibility index (Phi) is 7.70. The molecule has 2 heterocycles. The number of likely N-dealkylation sites (N-methyl/N-ethyl adjacent to an activating group) is 1. The molecule has 0 bridgehead atoms. The van der Waals surface area contributed by atoms with E-state index in [9.17, 15) is 9.59 Å². The first-order valence-electron chi connectivity index (χ1n) is 11.5. The van der Waals surface area contributed by atoms with Crippen LogP contribution in [-0.4, -0.2) is 65.7 Å². The number of aliphatic imine (C=N–C) groups is 1. The SMILES string of the molecule is CCN1C(=O)/C(=C\c2ccccc2OC(C)C)SC1=Nc1cccc(C(=O)N2CCOCC2)c1. The van der Waals surface area contributed by atoms with Crippen LogP contribution in [0.1, 0.15) is 36.7 Å². The van der Waals surface area contributed by atoms with Crippen LogP contribution in [0.4, 0.5) is 5.69 Å². The van der Waals surface area contributed by atoms with E-state index < -0.39 is 0 Å². The van der Waals surface area contributed by atoms with Crippen molar-refractivity contribution in [2.24, 2.45) is 4.99 Å². The monoisotopic (exact) mass is 479 g/mol. The van der Waals surface area contributed by atoms with Crippen LogP contribution in [-0.2, 0) is 9.53 Å². The normalized spacial score (nSPS) is 18.9. The lowest BCUT2D eigenvalue weighted by Crippen LogP contribution is -2.40. The van der Waals surface area contributed by atoms with Crippen molar-refractivity contribution >= 4 is 40.5 Å². The minimum absolute atomic E-state index is 0.0307. The number of ether oxygens (including phenoxy) is 2. The molecule has 0 radical (unpaired) electrons. The Morgan fingerprint density at radius 3 is 2.68 bits per heavy atom. The van der Waals surface area contributed by atoms with Crippen LogP contribution in [0.3, 0.4) is 0 Å². The fraction of sp³-hybridized carbons (Fsp3) is 0.346. The highest BCUT2D eigenvalue weighted by atomic mass is 32.2. The van der Waals surface area contributed by atoms with Gasteiger partial charge in [-0.1, -0.05) is 24.3 Å². The lowest BCUT2D eigenvalue weighted by Gasteiger charge is -2.26. The summed E-state index contributed by atoms with van der Waals surface area (Å²) in [6, 6.07) is 14.9. The molecule has 2 saturated heterocycles. The van der Waals surface area contributed by atoms with Crippen molar-refractivity contribution in [1.29, 1.82) is 0 Å². The molecular weight excluding hydrogens is 450 g/mol. The molecule has 0 N–H and O–H groups in total. The number of amides is 2. The first kappa shape index (κ1) is 24.0. The van der Waals surface area contributed by atoms with Crippen LogP contribution in [0.25, 0.3) is 6.08 Å². The summed E-state index contributed by atoms with van der Waals surface area (Å²) in [7, 11) is 0. The maximum absolute atomic E-state index is 13.1. The average molecular weight is 480 g/mol. The molecular formula is C26H29N3O4S. The summed E-state index contributed by atoms with van der Waals surface area (Å²) in [6.45, 7) is 8.64. The number of para-hydroxylation sites is 1. The average Bonchev–Trinajstić information content (AvgIpc) is 3.13. The van der Waals surface area contributed by atoms with Crippen LogP contribution >= 0.6 is 11.8 Å². The number of carbonyl (C=O) groups excluding carboxylic acids is 2. The predicted octanol–water partition coefficient (Wildman–Crippen LogP) is 4.57. The van der Waals surface area contributed by atoms with Crippen molar-refractivity contribution < 1.29 is 19.1 Å². The molecule has 2 aliphatic rings. The molecule has 4 rings (SSSR count). The number of rotatable bonds is 6. The quantitative estimate of drug-likeness (QED) is 0.568. The first-order chi connectivity index (χ1) is 16.5. The van der Waals surface area contributed by atoms with E-state index >= 15 is 0 Å². The van der Waals surface area contributed by atoms with E-state index in [1.807, 2.05) is 63.2 Å². The van der Waals surface area contributed by atoms with Crippen molar-refractivity contribution in [3.05, 3.63) is 64.6 Å². The Morgan fingerprint density at radius 2 is 1.94 bits per heavy atom. The minimum atomic E-state index is -0.0915. The fourth-order valence-electron chi connectivity index (χ4n) is 3.74. The van der Waals surface area contributed by atoms with E-state index in [1.165, 1.54) is 11.8 Å². The molecule has 2 fully saturated rings. The van der Waals surface area contributed by atoms with Gasteiger partial charge in [-0.25, -0.2) is 4.99 Å². The maximum atomic E-state index is 13.1. The van der Waals surface area contributed by atoms with Crippen molar-refractivity contribution in [2.75, 3.05) is 32.8 Å². The largest absolute Gasteiger partial charge is 0.490 e. The topological polar surface area (TPSA) is 71.4 Å². The maximum Gasteiger partial charge on any atom is 0.266 e. The summed E-state index contributed by atoms with van der Waals surface area (Å²) in [6.07, 6.45) is 1.89. The van der Waals surface area contributed by atoms with Crippen LogP contribution in [0.2, 0.25) is 0 Å². The van der Waals surface area contributed by atoms with Crippen LogP contribution in [0, 0.1) is 0 Å². The van der Waals surface area contributed by atoms with E-state index in [0.717, 1.165) is 11.3 Å². The number of morpholine rings is 1. The number of amidine groups is 1. The zero-order chi connectivity index (χ0) is 24.1. The third-order valence-corrected chi connectivity index (χ3v) is 6.40. The second-order valence-electron chi connectivity index (χ2n) is 8.21. The molecule has 0 aromatic heterocycles. The van der Waals surface area contributed by atoms with Gasteiger partial charge in [-0.05, 0) is 62.9 Å². The highest BCUT2D eigenvalue weighted by Gasteiger charge is 2.32. The molecule has 0 aliphatic carbocycles. The van der Waals surface area contributed by atoms with Gasteiger partial charge in [0.1, 0.15) is 5.75 Å². The summed E-state index contributed by atoms with van der Waals surface area (Å²) >= 11 is 1.33. The van der Waals surface area contributed by atoms with Gasteiger partial charge >= 0.3 is 0 Å². The Bertz CT molecular complexity index is 1120. The molecule has 2 aromatic rings. The van der Waals surface area contributed by atoms with E-state index in [4.69, 9.17) is 14.5 Å². The Labute approximate surface area is 204 Å². The smallest absolute Gasteiger partial charge is 0.266 e. The molecule has 0 spiro atoms. The van der Waals surface area contributed by atoms with Gasteiger partial charge in [0.25, 0.3) is 11.8 Å². The van der Waals surface area contributed by atoms with Gasteiger partial charge in [0.05, 0.1) is 29.9 Å². The lowest BCUT2D eigenvalue weighted by atomic mass is 10.1. The van der Waals surface area contributed by atoms with E-state index in [0.29, 0.717) is 54.2 Å². The summed E-state index contributed by atoms with van der Waals surface area (Å²) in [5, 5.41) is 0.594. The van der Waals surface area contributed by atoms with E-state index in [2.05, 4.69) is 0 Å². The molecule has 34 heavy (non-hydrogen) atoms. The predicted molar refractivity (Wildman–Crippen MR) is 135 cm³/mol. The van der Waals surface area contributed by atoms with E-state index in [1.54, 1.807) is 21.9 Å². The molecule has 0 unspecified atom stereocenters. The second-order valence-corrected chi connectivity index (χ2v) is 9.22. The minimum Gasteiger partial charge on any atom is -0.490 e. The van der Waals surface area contributed by atoms with Gasteiger partial charge in [-0.15, -0.1) is 0 Å². The van der Waals surface area contributed by atoms with Crippen molar-refractivity contribution in [3.8, 4) is 5.75 Å². The van der Waals surface area contributed by atoms with Gasteiger partial charge in [-0.3, -0.25) is 14.5 Å². The summed E-state index contributed by atoms with van der Waals surface area (Å²) in [5.74, 6) is 0.613. The summed E-state index contributed by atoms with van der Waals surface area (Å²) in [5.41, 5.74) is 2.07. The van der Waals surface area contributed by atoms with Gasteiger partial charge in [0, 0.05) is 30.8 Å². The molecule has 0 atom stereocenters. The molecule has 7 nitrogen and oxygen atoms in total. The standard InChI is InChI=1S/C26H29N3O4S/c1-4-29-25(31)23(17-19-8-5-6-11-22(19)33-18(2)3)34-26(29)27-21-10-7-9-20(16-21)24(30)28-12-14-32-15-13-28/h5-11,16-18H,4,12-15H2,1-3H3/b23-17+,27-26?. The highest BCUT2D eigenvalue weighted by molar-refractivity contribution is 8.18. The Balaban J connectivity index is 1.59. The second kappa shape index (κ2) is 10.9. The number of benzene rings is 2. The Morgan fingerprint density at radius 1 is 1.18 bits per heavy atom. The third kappa shape index (κ3) is 5.51. The first-order valence-corrected chi connectivity index (χ1v) is 12.3. The molecule has 2 aliphatic heterocycles. The van der Waals surface area contributed by atoms with Gasteiger partial charge in [0.2, 0.25) is 0 Å². The number of carbonyl (C=O) groups is 2. The summed E-state index contributed by atoms with van der Waals surface area (Å²) < 4.78 is 11.2. The van der Waals surface area contributed by atoms with Gasteiger partial charge in [-0.2, -0.15) is 0 Å². The van der Waals surface area contributed by atoms with Gasteiger partial charge < -0.3 is 14.4 Å². The van der Waals surface area contributed by atoms with Crippen LogP contribution in [0.15, 0.2) is 58.4 Å². The van der Waals surface area contributed by atoms with Crippen LogP contribution < -0.4 is 4.74 Å². The van der Waals surface area contributed by atoms with E-state index in [-0.39, 0.29) is 17.9 Å². The Hall–Kier alpha value is -3.10.